The van der Waals surface area contributed by atoms with Crippen molar-refractivity contribution >= 4 is 12.6 Å². The van der Waals surface area contributed by atoms with Crippen LogP contribution >= 0.6 is 12.6 Å². The van der Waals surface area contributed by atoms with Crippen LogP contribution < -0.4 is 0 Å². The summed E-state index contributed by atoms with van der Waals surface area (Å²) in [5.74, 6) is 0.944. The molecule has 15 heavy (non-hydrogen) atoms. The lowest BCUT2D eigenvalue weighted by Gasteiger charge is -2.36. The van der Waals surface area contributed by atoms with Crippen molar-refractivity contribution in [1.82, 2.24) is 9.80 Å². The molecule has 2 saturated heterocycles. The normalized spacial score (nSPS) is 32.0. The number of nitrogens with zero attached hydrogens (tertiary/aromatic N) is 2. The van der Waals surface area contributed by atoms with Crippen molar-refractivity contribution in [1.29, 1.82) is 0 Å². The average molecular weight is 228 g/mol. The molecule has 2 aliphatic heterocycles. The lowest BCUT2D eigenvalue weighted by atomic mass is 9.95. The molecule has 2 aliphatic rings. The third-order valence-corrected chi connectivity index (χ3v) is 4.26. The standard InChI is InChI=1S/C12H24N2S/c1-13-7-4-11(5-8-13)9-14-6-2-3-12(15)10-14/h11-12,15H,2-10H2,1H3/t12-/m1/s1. The first-order valence-electron chi connectivity index (χ1n) is 6.33. The van der Waals surface area contributed by atoms with E-state index in [0.717, 1.165) is 5.92 Å². The number of hydrogen-bond acceptors (Lipinski definition) is 3. The van der Waals surface area contributed by atoms with Crippen LogP contribution in [0.5, 0.6) is 0 Å². The van der Waals surface area contributed by atoms with Crippen LogP contribution in [0.4, 0.5) is 0 Å². The van der Waals surface area contributed by atoms with Gasteiger partial charge in [0.1, 0.15) is 0 Å². The van der Waals surface area contributed by atoms with Gasteiger partial charge in [0.2, 0.25) is 0 Å². The van der Waals surface area contributed by atoms with Gasteiger partial charge in [0.05, 0.1) is 0 Å². The lowest BCUT2D eigenvalue weighted by Crippen LogP contribution is -2.41. The van der Waals surface area contributed by atoms with Crippen molar-refractivity contribution in [2.45, 2.75) is 30.9 Å². The molecule has 2 rings (SSSR count). The Balaban J connectivity index is 1.71. The molecule has 0 bridgehead atoms. The fraction of sp³-hybridized carbons (Fsp3) is 1.00. The van der Waals surface area contributed by atoms with Gasteiger partial charge in [-0.2, -0.15) is 12.6 Å². The third-order valence-electron chi connectivity index (χ3n) is 3.84. The fourth-order valence-corrected chi connectivity index (χ4v) is 3.22. The summed E-state index contributed by atoms with van der Waals surface area (Å²) in [4.78, 5) is 5.09. The van der Waals surface area contributed by atoms with Crippen LogP contribution in [-0.2, 0) is 0 Å². The smallest absolute Gasteiger partial charge is 0.0145 e. The first-order chi connectivity index (χ1) is 7.24. The first kappa shape index (κ1) is 11.7. The fourth-order valence-electron chi connectivity index (χ4n) is 2.81. The first-order valence-corrected chi connectivity index (χ1v) is 6.84. The minimum atomic E-state index is 0.630. The van der Waals surface area contributed by atoms with E-state index in [1.54, 1.807) is 0 Å². The molecule has 0 saturated carbocycles. The summed E-state index contributed by atoms with van der Waals surface area (Å²) in [6, 6.07) is 0. The highest BCUT2D eigenvalue weighted by Gasteiger charge is 2.22. The Hall–Kier alpha value is 0.270. The summed E-state index contributed by atoms with van der Waals surface area (Å²) in [5, 5.41) is 0.630. The van der Waals surface area contributed by atoms with Crippen molar-refractivity contribution in [3.8, 4) is 0 Å². The van der Waals surface area contributed by atoms with Crippen molar-refractivity contribution < 1.29 is 0 Å². The highest BCUT2D eigenvalue weighted by atomic mass is 32.1. The van der Waals surface area contributed by atoms with E-state index in [1.807, 2.05) is 0 Å². The predicted octanol–water partition coefficient (Wildman–Crippen LogP) is 1.72. The van der Waals surface area contributed by atoms with Crippen LogP contribution in [0.3, 0.4) is 0 Å². The SMILES string of the molecule is CN1CCC(CN2CCC[C@@H](S)C2)CC1. The van der Waals surface area contributed by atoms with Crippen LogP contribution in [0.15, 0.2) is 0 Å². The summed E-state index contributed by atoms with van der Waals surface area (Å²) in [6.45, 7) is 6.44. The van der Waals surface area contributed by atoms with E-state index < -0.39 is 0 Å². The molecule has 0 aromatic carbocycles. The molecule has 0 spiro atoms. The van der Waals surface area contributed by atoms with Gasteiger partial charge in [-0.3, -0.25) is 0 Å². The lowest BCUT2D eigenvalue weighted by molar-refractivity contribution is 0.147. The number of likely N-dealkylation sites (tertiary alicyclic amines) is 2. The monoisotopic (exact) mass is 228 g/mol. The zero-order valence-electron chi connectivity index (χ0n) is 9.86. The van der Waals surface area contributed by atoms with E-state index in [2.05, 4.69) is 29.5 Å². The molecule has 0 aromatic heterocycles. The maximum atomic E-state index is 4.60. The molecule has 0 amide bonds. The maximum absolute atomic E-state index is 4.60. The largest absolute Gasteiger partial charge is 0.306 e. The predicted molar refractivity (Wildman–Crippen MR) is 68.7 cm³/mol. The van der Waals surface area contributed by atoms with Gasteiger partial charge in [0, 0.05) is 18.3 Å². The Labute approximate surface area is 99.4 Å². The Morgan fingerprint density at radius 3 is 2.53 bits per heavy atom. The van der Waals surface area contributed by atoms with Gasteiger partial charge in [0.15, 0.2) is 0 Å². The van der Waals surface area contributed by atoms with Gasteiger partial charge in [-0.15, -0.1) is 0 Å². The van der Waals surface area contributed by atoms with E-state index in [0.29, 0.717) is 5.25 Å². The second kappa shape index (κ2) is 5.55. The van der Waals surface area contributed by atoms with E-state index in [-0.39, 0.29) is 0 Å². The molecule has 3 heteroatoms. The van der Waals surface area contributed by atoms with Gasteiger partial charge in [-0.1, -0.05) is 0 Å². The molecule has 0 aromatic rings. The second-order valence-electron chi connectivity index (χ2n) is 5.30. The maximum Gasteiger partial charge on any atom is 0.0145 e. The molecular formula is C12H24N2S. The summed E-state index contributed by atoms with van der Waals surface area (Å²) in [7, 11) is 2.24. The molecule has 2 nitrogen and oxygen atoms in total. The quantitative estimate of drug-likeness (QED) is 0.719. The number of thiol groups is 1. The molecule has 0 aliphatic carbocycles. The third kappa shape index (κ3) is 3.65. The van der Waals surface area contributed by atoms with E-state index in [4.69, 9.17) is 0 Å². The molecule has 2 fully saturated rings. The van der Waals surface area contributed by atoms with Gasteiger partial charge < -0.3 is 9.80 Å². The number of piperidine rings is 2. The highest BCUT2D eigenvalue weighted by molar-refractivity contribution is 7.81. The Morgan fingerprint density at radius 1 is 1.13 bits per heavy atom. The van der Waals surface area contributed by atoms with Crippen LogP contribution in [0.1, 0.15) is 25.7 Å². The van der Waals surface area contributed by atoms with Crippen LogP contribution in [-0.4, -0.2) is 54.8 Å². The summed E-state index contributed by atoms with van der Waals surface area (Å²) in [6.07, 6.45) is 5.45. The second-order valence-corrected chi connectivity index (χ2v) is 6.03. The molecule has 0 N–H and O–H groups in total. The van der Waals surface area contributed by atoms with Crippen LogP contribution in [0, 0.1) is 5.92 Å². The van der Waals surface area contributed by atoms with Crippen molar-refractivity contribution in [2.24, 2.45) is 5.92 Å². The Kier molecular flexibility index (Phi) is 4.35. The van der Waals surface area contributed by atoms with Gasteiger partial charge in [-0.25, -0.2) is 0 Å². The van der Waals surface area contributed by atoms with Crippen molar-refractivity contribution in [2.75, 3.05) is 39.8 Å². The minimum absolute atomic E-state index is 0.630. The number of hydrogen-bond donors (Lipinski definition) is 1. The zero-order chi connectivity index (χ0) is 10.7. The van der Waals surface area contributed by atoms with E-state index >= 15 is 0 Å². The Bertz CT molecular complexity index is 190. The summed E-state index contributed by atoms with van der Waals surface area (Å²) >= 11 is 4.60. The molecule has 1 atom stereocenters. The van der Waals surface area contributed by atoms with Crippen molar-refractivity contribution in [3.63, 3.8) is 0 Å². The van der Waals surface area contributed by atoms with Crippen molar-refractivity contribution in [3.05, 3.63) is 0 Å². The van der Waals surface area contributed by atoms with Crippen LogP contribution in [0.2, 0.25) is 0 Å². The van der Waals surface area contributed by atoms with E-state index in [9.17, 15) is 0 Å². The minimum Gasteiger partial charge on any atom is -0.306 e. The molecule has 88 valence electrons. The zero-order valence-corrected chi connectivity index (χ0v) is 10.8. The molecule has 2 heterocycles. The Morgan fingerprint density at radius 2 is 1.87 bits per heavy atom. The molecule has 0 radical (unpaired) electrons. The highest BCUT2D eigenvalue weighted by Crippen LogP contribution is 2.21. The van der Waals surface area contributed by atoms with Crippen LogP contribution in [0.25, 0.3) is 0 Å². The van der Waals surface area contributed by atoms with E-state index in [1.165, 1.54) is 58.4 Å². The molecular weight excluding hydrogens is 204 g/mol. The number of rotatable bonds is 2. The topological polar surface area (TPSA) is 6.48 Å². The summed E-state index contributed by atoms with van der Waals surface area (Å²) < 4.78 is 0. The van der Waals surface area contributed by atoms with Gasteiger partial charge >= 0.3 is 0 Å². The molecule has 0 unspecified atom stereocenters. The van der Waals surface area contributed by atoms with Gasteiger partial charge in [-0.05, 0) is 58.3 Å². The average Bonchev–Trinajstić information content (AvgIpc) is 2.22. The van der Waals surface area contributed by atoms with Gasteiger partial charge in [0.25, 0.3) is 0 Å². The summed E-state index contributed by atoms with van der Waals surface area (Å²) in [5.41, 5.74) is 0.